The molecule has 2 rings (SSSR count). The lowest BCUT2D eigenvalue weighted by atomic mass is 9.79. The molecule has 2 aromatic carbocycles. The third-order valence-electron chi connectivity index (χ3n) is 2.37. The van der Waals surface area contributed by atoms with Crippen LogP contribution in [0.15, 0.2) is 53.0 Å². The third kappa shape index (κ3) is 2.35. The van der Waals surface area contributed by atoms with Gasteiger partial charge in [-0.1, -0.05) is 58.4 Å². The molecule has 0 amide bonds. The summed E-state index contributed by atoms with van der Waals surface area (Å²) in [6.07, 6.45) is 0. The Balaban J connectivity index is 2.49. The summed E-state index contributed by atoms with van der Waals surface area (Å²) >= 11 is 3.47. The van der Waals surface area contributed by atoms with E-state index in [9.17, 15) is 0 Å². The maximum Gasteiger partial charge on any atom is 0.488 e. The second-order valence-corrected chi connectivity index (χ2v) is 4.33. The van der Waals surface area contributed by atoms with Crippen LogP contribution in [0.5, 0.6) is 0 Å². The minimum absolute atomic E-state index is 0.494. The quantitative estimate of drug-likeness (QED) is 0.822. The van der Waals surface area contributed by atoms with Crippen molar-refractivity contribution in [1.82, 2.24) is 0 Å². The van der Waals surface area contributed by atoms with Gasteiger partial charge < -0.3 is 10.0 Å². The van der Waals surface area contributed by atoms with E-state index in [4.69, 9.17) is 10.0 Å². The maximum atomic E-state index is 9.11. The monoisotopic (exact) mass is 276 g/mol. The van der Waals surface area contributed by atoms with Gasteiger partial charge in [0.25, 0.3) is 0 Å². The number of halogens is 1. The van der Waals surface area contributed by atoms with Gasteiger partial charge in [-0.15, -0.1) is 0 Å². The van der Waals surface area contributed by atoms with Crippen molar-refractivity contribution < 1.29 is 10.0 Å². The van der Waals surface area contributed by atoms with Crippen LogP contribution < -0.4 is 5.46 Å². The molecule has 0 saturated heterocycles. The van der Waals surface area contributed by atoms with E-state index in [2.05, 4.69) is 15.9 Å². The van der Waals surface area contributed by atoms with Crippen molar-refractivity contribution in [1.29, 1.82) is 0 Å². The average Bonchev–Trinajstić information content (AvgIpc) is 2.30. The van der Waals surface area contributed by atoms with Crippen molar-refractivity contribution >= 4 is 28.5 Å². The van der Waals surface area contributed by atoms with Gasteiger partial charge in [0.15, 0.2) is 0 Å². The van der Waals surface area contributed by atoms with Crippen molar-refractivity contribution in [2.75, 3.05) is 0 Å². The molecule has 0 radical (unpaired) electrons. The maximum absolute atomic E-state index is 9.11. The first-order valence-electron chi connectivity index (χ1n) is 4.89. The molecule has 2 aromatic rings. The molecule has 0 aromatic heterocycles. The topological polar surface area (TPSA) is 40.5 Å². The van der Waals surface area contributed by atoms with E-state index in [1.165, 1.54) is 0 Å². The van der Waals surface area contributed by atoms with Crippen molar-refractivity contribution in [3.8, 4) is 11.1 Å². The largest absolute Gasteiger partial charge is 0.488 e. The number of hydrogen-bond acceptors (Lipinski definition) is 2. The summed E-state index contributed by atoms with van der Waals surface area (Å²) in [6.45, 7) is 0. The molecule has 0 aliphatic carbocycles. The van der Waals surface area contributed by atoms with Gasteiger partial charge in [0.1, 0.15) is 0 Å². The lowest BCUT2D eigenvalue weighted by Crippen LogP contribution is -2.29. The van der Waals surface area contributed by atoms with E-state index >= 15 is 0 Å². The highest BCUT2D eigenvalue weighted by Gasteiger charge is 2.11. The zero-order chi connectivity index (χ0) is 11.5. The van der Waals surface area contributed by atoms with E-state index in [-0.39, 0.29) is 0 Å². The summed E-state index contributed by atoms with van der Waals surface area (Å²) in [5.41, 5.74) is 2.48. The van der Waals surface area contributed by atoms with E-state index < -0.39 is 7.12 Å². The molecule has 0 fully saturated rings. The molecule has 0 spiro atoms. The smallest absolute Gasteiger partial charge is 0.423 e. The second-order valence-electron chi connectivity index (χ2n) is 3.48. The molecule has 0 saturated carbocycles. The van der Waals surface area contributed by atoms with Gasteiger partial charge in [0.05, 0.1) is 0 Å². The van der Waals surface area contributed by atoms with Crippen LogP contribution in [0, 0.1) is 0 Å². The first-order chi connectivity index (χ1) is 7.68. The van der Waals surface area contributed by atoms with E-state index in [1.807, 2.05) is 36.4 Å². The van der Waals surface area contributed by atoms with Gasteiger partial charge in [-0.25, -0.2) is 0 Å². The molecule has 16 heavy (non-hydrogen) atoms. The zero-order valence-corrected chi connectivity index (χ0v) is 10.1. The summed E-state index contributed by atoms with van der Waals surface area (Å²) in [5.74, 6) is 0. The molecule has 0 aliphatic rings. The van der Waals surface area contributed by atoms with E-state index in [1.54, 1.807) is 12.1 Å². The van der Waals surface area contributed by atoms with Crippen LogP contribution >= 0.6 is 15.9 Å². The fraction of sp³-hybridized carbons (Fsp3) is 0. The molecule has 80 valence electrons. The molecule has 0 heterocycles. The van der Waals surface area contributed by atoms with Crippen molar-refractivity contribution in [3.63, 3.8) is 0 Å². The number of hydrogen-bond donors (Lipinski definition) is 2. The normalized spacial score (nSPS) is 10.2. The molecule has 0 unspecified atom stereocenters. The highest BCUT2D eigenvalue weighted by atomic mass is 79.9. The number of rotatable bonds is 2. The molecule has 0 aliphatic heterocycles. The minimum Gasteiger partial charge on any atom is -0.423 e. The van der Waals surface area contributed by atoms with Crippen molar-refractivity contribution in [2.45, 2.75) is 0 Å². The predicted octanol–water partition coefficient (Wildman–Crippen LogP) is 1.80. The molecule has 0 bridgehead atoms. The van der Waals surface area contributed by atoms with Crippen LogP contribution in [0.25, 0.3) is 11.1 Å². The SMILES string of the molecule is OB(O)c1cccc(-c2ccccc2Br)c1. The molecular weight excluding hydrogens is 267 g/mol. The van der Waals surface area contributed by atoms with Crippen LogP contribution in [0.2, 0.25) is 0 Å². The Morgan fingerprint density at radius 3 is 2.38 bits per heavy atom. The summed E-state index contributed by atoms with van der Waals surface area (Å²) < 4.78 is 0.986. The summed E-state index contributed by atoms with van der Waals surface area (Å²) in [5, 5.41) is 18.2. The average molecular weight is 277 g/mol. The highest BCUT2D eigenvalue weighted by molar-refractivity contribution is 9.10. The van der Waals surface area contributed by atoms with E-state index in [0.717, 1.165) is 15.6 Å². The Morgan fingerprint density at radius 1 is 0.938 bits per heavy atom. The minimum atomic E-state index is -1.43. The fourth-order valence-electron chi connectivity index (χ4n) is 1.56. The van der Waals surface area contributed by atoms with Gasteiger partial charge in [0, 0.05) is 4.47 Å². The van der Waals surface area contributed by atoms with Crippen LogP contribution in [0.4, 0.5) is 0 Å². The van der Waals surface area contributed by atoms with Gasteiger partial charge >= 0.3 is 7.12 Å². The van der Waals surface area contributed by atoms with Crippen LogP contribution in [0.1, 0.15) is 0 Å². The first-order valence-corrected chi connectivity index (χ1v) is 5.69. The van der Waals surface area contributed by atoms with Crippen molar-refractivity contribution in [2.24, 2.45) is 0 Å². The lowest BCUT2D eigenvalue weighted by molar-refractivity contribution is 0.426. The Hall–Kier alpha value is -1.10. The molecule has 0 atom stereocenters. The fourth-order valence-corrected chi connectivity index (χ4v) is 2.08. The summed E-state index contributed by atoms with van der Waals surface area (Å²) in [6, 6.07) is 15.0. The molecule has 4 heteroatoms. The highest BCUT2D eigenvalue weighted by Crippen LogP contribution is 2.26. The Kier molecular flexibility index (Phi) is 3.44. The van der Waals surface area contributed by atoms with Crippen LogP contribution in [0.3, 0.4) is 0 Å². The van der Waals surface area contributed by atoms with Crippen molar-refractivity contribution in [3.05, 3.63) is 53.0 Å². The third-order valence-corrected chi connectivity index (χ3v) is 3.06. The second kappa shape index (κ2) is 4.83. The van der Waals surface area contributed by atoms with Gasteiger partial charge in [-0.05, 0) is 22.7 Å². The standard InChI is InChI=1S/C12H10BBrO2/c14-12-7-2-1-6-11(12)9-4-3-5-10(8-9)13(15)16/h1-8,15-16H. The van der Waals surface area contributed by atoms with E-state index in [0.29, 0.717) is 5.46 Å². The molecule has 2 N–H and O–H groups in total. The molecule has 2 nitrogen and oxygen atoms in total. The van der Waals surface area contributed by atoms with Gasteiger partial charge in [-0.3, -0.25) is 0 Å². The van der Waals surface area contributed by atoms with Gasteiger partial charge in [0.2, 0.25) is 0 Å². The Bertz CT molecular complexity index is 500. The Morgan fingerprint density at radius 2 is 1.69 bits per heavy atom. The predicted molar refractivity (Wildman–Crippen MR) is 69.4 cm³/mol. The summed E-state index contributed by atoms with van der Waals surface area (Å²) in [7, 11) is -1.43. The lowest BCUT2D eigenvalue weighted by Gasteiger charge is -2.06. The molecular formula is C12H10BBrO2. The Labute approximate surface area is 103 Å². The van der Waals surface area contributed by atoms with Gasteiger partial charge in [-0.2, -0.15) is 0 Å². The summed E-state index contributed by atoms with van der Waals surface area (Å²) in [4.78, 5) is 0. The first kappa shape index (κ1) is 11.4. The number of benzene rings is 2. The zero-order valence-electron chi connectivity index (χ0n) is 8.47. The van der Waals surface area contributed by atoms with Crippen LogP contribution in [-0.4, -0.2) is 17.2 Å². The van der Waals surface area contributed by atoms with Crippen LogP contribution in [-0.2, 0) is 0 Å².